The van der Waals surface area contributed by atoms with Gasteiger partial charge >= 0.3 is 12.1 Å². The van der Waals surface area contributed by atoms with Gasteiger partial charge in [0.05, 0.1) is 23.8 Å². The molecule has 0 aliphatic rings. The summed E-state index contributed by atoms with van der Waals surface area (Å²) in [6.07, 6.45) is -3.23. The second-order valence-corrected chi connectivity index (χ2v) is 7.25. The van der Waals surface area contributed by atoms with Gasteiger partial charge in [0.25, 0.3) is 5.91 Å². The monoisotopic (exact) mass is 498 g/mol. The van der Waals surface area contributed by atoms with Gasteiger partial charge in [0, 0.05) is 18.2 Å². The van der Waals surface area contributed by atoms with E-state index < -0.39 is 40.9 Å². The highest BCUT2D eigenvalue weighted by molar-refractivity contribution is 6.03. The third-order valence-electron chi connectivity index (χ3n) is 4.80. The highest BCUT2D eigenvalue weighted by Crippen LogP contribution is 2.44. The lowest BCUT2D eigenvalue weighted by Crippen LogP contribution is -2.36. The van der Waals surface area contributed by atoms with Crippen LogP contribution in [-0.2, 0) is 17.4 Å². The average Bonchev–Trinajstić information content (AvgIpc) is 3.43. The van der Waals surface area contributed by atoms with Gasteiger partial charge in [0.1, 0.15) is 18.2 Å². The van der Waals surface area contributed by atoms with Gasteiger partial charge < -0.3 is 10.1 Å². The summed E-state index contributed by atoms with van der Waals surface area (Å²) in [4.78, 5) is 16.7. The highest BCUT2D eigenvalue weighted by atomic mass is 19.4. The molecule has 35 heavy (non-hydrogen) atoms. The van der Waals surface area contributed by atoms with Crippen LogP contribution in [0.5, 0.6) is 0 Å². The van der Waals surface area contributed by atoms with Gasteiger partial charge in [-0.05, 0) is 37.3 Å². The van der Waals surface area contributed by atoms with Crippen molar-refractivity contribution in [1.82, 2.24) is 24.4 Å². The summed E-state index contributed by atoms with van der Waals surface area (Å²) in [7, 11) is 0. The van der Waals surface area contributed by atoms with Crippen molar-refractivity contribution in [1.29, 1.82) is 0 Å². The van der Waals surface area contributed by atoms with Crippen molar-refractivity contribution in [2.75, 3.05) is 11.9 Å². The summed E-state index contributed by atoms with van der Waals surface area (Å²) < 4.78 is 88.5. The lowest BCUT2D eigenvalue weighted by atomic mass is 10.1. The van der Waals surface area contributed by atoms with E-state index >= 15 is 0 Å². The van der Waals surface area contributed by atoms with E-state index in [-0.39, 0.29) is 28.2 Å². The van der Waals surface area contributed by atoms with E-state index in [2.05, 4.69) is 20.5 Å². The van der Waals surface area contributed by atoms with E-state index in [0.717, 1.165) is 18.2 Å². The van der Waals surface area contributed by atoms with Crippen LogP contribution in [0.1, 0.15) is 23.1 Å². The Bertz CT molecular complexity index is 1360. The van der Waals surface area contributed by atoms with Crippen LogP contribution in [0.2, 0.25) is 0 Å². The number of carbonyl (C=O) groups excluding carboxylic acids is 1. The van der Waals surface area contributed by atoms with Crippen molar-refractivity contribution in [2.45, 2.75) is 25.8 Å². The molecule has 0 aliphatic carbocycles. The largest absolute Gasteiger partial charge is 0.459 e. The Morgan fingerprint density at radius 2 is 1.83 bits per heavy atom. The standard InChI is InChI=1S/C21H16F6N6O2/c1-2-35-11-32-10-14(9-28-32)29-19(34)16-8-18-30-15(12-3-5-13(22)6-4-12)7-17(33(18)31-16)20(23,24)21(25,26)27/h3-10H,2,11H2,1H3,(H,29,34). The molecule has 8 nitrogen and oxygen atoms in total. The van der Waals surface area contributed by atoms with E-state index in [1.54, 1.807) is 6.92 Å². The molecule has 0 aliphatic heterocycles. The van der Waals surface area contributed by atoms with Gasteiger partial charge in [0.2, 0.25) is 0 Å². The number of hydrogen-bond acceptors (Lipinski definition) is 5. The molecule has 4 rings (SSSR count). The Hall–Kier alpha value is -3.94. The summed E-state index contributed by atoms with van der Waals surface area (Å²) in [6, 6.07) is 5.82. The van der Waals surface area contributed by atoms with Crippen molar-refractivity contribution < 1.29 is 35.9 Å². The zero-order valence-electron chi connectivity index (χ0n) is 17.9. The zero-order chi connectivity index (χ0) is 25.4. The first-order valence-corrected chi connectivity index (χ1v) is 10.0. The lowest BCUT2D eigenvalue weighted by Gasteiger charge is -2.21. The molecule has 0 unspecified atom stereocenters. The Morgan fingerprint density at radius 1 is 1.11 bits per heavy atom. The number of amides is 1. The third kappa shape index (κ3) is 4.82. The quantitative estimate of drug-likeness (QED) is 0.376. The van der Waals surface area contributed by atoms with Crippen LogP contribution in [0.15, 0.2) is 48.8 Å². The summed E-state index contributed by atoms with van der Waals surface area (Å²) in [6.45, 7) is 2.33. The molecule has 1 N–H and O–H groups in total. The van der Waals surface area contributed by atoms with E-state index in [4.69, 9.17) is 4.74 Å². The molecule has 1 aromatic carbocycles. The van der Waals surface area contributed by atoms with Gasteiger partial charge in [-0.2, -0.15) is 32.1 Å². The Kier molecular flexibility index (Phi) is 6.23. The van der Waals surface area contributed by atoms with Gasteiger partial charge in [-0.25, -0.2) is 18.6 Å². The van der Waals surface area contributed by atoms with Crippen LogP contribution >= 0.6 is 0 Å². The summed E-state index contributed by atoms with van der Waals surface area (Å²) in [5.41, 5.74) is -2.46. The van der Waals surface area contributed by atoms with Crippen molar-refractivity contribution in [2.24, 2.45) is 0 Å². The van der Waals surface area contributed by atoms with Crippen molar-refractivity contribution in [3.63, 3.8) is 0 Å². The number of hydrogen-bond donors (Lipinski definition) is 1. The first-order chi connectivity index (χ1) is 16.5. The first-order valence-electron chi connectivity index (χ1n) is 10.0. The summed E-state index contributed by atoms with van der Waals surface area (Å²) >= 11 is 0. The molecule has 0 radical (unpaired) electrons. The number of benzene rings is 1. The predicted molar refractivity (Wildman–Crippen MR) is 110 cm³/mol. The Morgan fingerprint density at radius 3 is 2.49 bits per heavy atom. The second-order valence-electron chi connectivity index (χ2n) is 7.25. The maximum absolute atomic E-state index is 14.4. The fourth-order valence-corrected chi connectivity index (χ4v) is 3.10. The zero-order valence-corrected chi connectivity index (χ0v) is 17.9. The number of anilines is 1. The number of carbonyl (C=O) groups is 1. The van der Waals surface area contributed by atoms with Crippen LogP contribution in [0.25, 0.3) is 16.9 Å². The number of nitrogens with zero attached hydrogens (tertiary/aromatic N) is 5. The number of alkyl halides is 5. The van der Waals surface area contributed by atoms with Gasteiger partial charge in [-0.1, -0.05) is 0 Å². The SMILES string of the molecule is CCOCn1cc(NC(=O)c2cc3nc(-c4ccc(F)cc4)cc(C(F)(F)C(F)(F)F)n3n2)cn1. The van der Waals surface area contributed by atoms with Gasteiger partial charge in [-0.15, -0.1) is 0 Å². The number of aromatic nitrogens is 5. The molecule has 0 atom stereocenters. The maximum Gasteiger partial charge on any atom is 0.459 e. The van der Waals surface area contributed by atoms with E-state index in [0.29, 0.717) is 12.7 Å². The third-order valence-corrected chi connectivity index (χ3v) is 4.80. The molecule has 184 valence electrons. The topological polar surface area (TPSA) is 86.3 Å². The first kappa shape index (κ1) is 24.2. The number of rotatable bonds is 7. The average molecular weight is 498 g/mol. The van der Waals surface area contributed by atoms with Crippen LogP contribution in [0, 0.1) is 5.82 Å². The van der Waals surface area contributed by atoms with Crippen LogP contribution in [0.4, 0.5) is 32.0 Å². The molecular weight excluding hydrogens is 482 g/mol. The minimum atomic E-state index is -5.95. The molecule has 0 spiro atoms. The van der Waals surface area contributed by atoms with Crippen LogP contribution < -0.4 is 5.32 Å². The molecule has 1 amide bonds. The van der Waals surface area contributed by atoms with Crippen molar-refractivity contribution in [3.8, 4) is 11.3 Å². The van der Waals surface area contributed by atoms with E-state index in [1.807, 2.05) is 0 Å². The van der Waals surface area contributed by atoms with Crippen LogP contribution in [-0.4, -0.2) is 43.1 Å². The molecule has 0 saturated heterocycles. The fourth-order valence-electron chi connectivity index (χ4n) is 3.10. The minimum Gasteiger partial charge on any atom is -0.360 e. The molecule has 3 heterocycles. The van der Waals surface area contributed by atoms with Gasteiger partial charge in [-0.3, -0.25) is 4.79 Å². The second kappa shape index (κ2) is 9.02. The summed E-state index contributed by atoms with van der Waals surface area (Å²) in [5, 5.41) is 10.0. The van der Waals surface area contributed by atoms with Crippen molar-refractivity contribution in [3.05, 3.63) is 66.0 Å². The highest BCUT2D eigenvalue weighted by Gasteiger charge is 2.60. The van der Waals surface area contributed by atoms with Gasteiger partial charge in [0.15, 0.2) is 11.3 Å². The molecule has 0 fully saturated rings. The van der Waals surface area contributed by atoms with Crippen molar-refractivity contribution >= 4 is 17.2 Å². The van der Waals surface area contributed by atoms with Crippen LogP contribution in [0.3, 0.4) is 0 Å². The number of halogens is 6. The molecule has 14 heteroatoms. The summed E-state index contributed by atoms with van der Waals surface area (Å²) in [5.74, 6) is -6.86. The minimum absolute atomic E-state index is 0.0852. The Labute approximate surface area is 193 Å². The molecule has 3 aromatic heterocycles. The lowest BCUT2D eigenvalue weighted by molar-refractivity contribution is -0.291. The maximum atomic E-state index is 14.4. The molecule has 0 bridgehead atoms. The molecular formula is C21H16F6N6O2. The smallest absolute Gasteiger partial charge is 0.360 e. The number of ether oxygens (including phenoxy) is 1. The molecule has 4 aromatic rings. The molecule has 0 saturated carbocycles. The van der Waals surface area contributed by atoms with E-state index in [9.17, 15) is 31.1 Å². The number of nitrogens with one attached hydrogen (secondary N) is 1. The van der Waals surface area contributed by atoms with E-state index in [1.165, 1.54) is 29.2 Å². The number of fused-ring (bicyclic) bond motifs is 1. The Balaban J connectivity index is 1.75. The normalized spacial score (nSPS) is 12.3. The predicted octanol–water partition coefficient (Wildman–Crippen LogP) is 4.63. The fraction of sp³-hybridized carbons (Fsp3) is 0.238.